The summed E-state index contributed by atoms with van der Waals surface area (Å²) < 4.78 is 0. The topological polar surface area (TPSA) is 66.3 Å². The minimum absolute atomic E-state index is 0.289. The fourth-order valence-electron chi connectivity index (χ4n) is 3.66. The molecule has 2 unspecified atom stereocenters. The molecular formula is C16H23N3O2. The number of aromatic nitrogens is 2. The van der Waals surface area contributed by atoms with Gasteiger partial charge in [0, 0.05) is 24.3 Å². The van der Waals surface area contributed by atoms with Gasteiger partial charge in [-0.1, -0.05) is 6.92 Å². The van der Waals surface area contributed by atoms with E-state index in [-0.39, 0.29) is 5.92 Å². The van der Waals surface area contributed by atoms with Crippen molar-refractivity contribution in [1.82, 2.24) is 9.97 Å². The summed E-state index contributed by atoms with van der Waals surface area (Å²) in [6.07, 6.45) is 5.18. The second-order valence-corrected chi connectivity index (χ2v) is 6.51. The van der Waals surface area contributed by atoms with Crippen LogP contribution in [0.5, 0.6) is 0 Å². The van der Waals surface area contributed by atoms with Gasteiger partial charge in [-0.3, -0.25) is 4.79 Å². The number of rotatable bonds is 2. The van der Waals surface area contributed by atoms with Gasteiger partial charge in [0.2, 0.25) is 0 Å². The molecule has 21 heavy (non-hydrogen) atoms. The smallest absolute Gasteiger partial charge is 0.308 e. The SMILES string of the molecule is Cc1nc2c(c(N3CC(C)CC(C(=O)O)C3)n1)CCCC2. The molecule has 0 aromatic carbocycles. The van der Waals surface area contributed by atoms with Crippen molar-refractivity contribution < 1.29 is 9.90 Å². The van der Waals surface area contributed by atoms with Crippen LogP contribution in [0.25, 0.3) is 0 Å². The molecule has 114 valence electrons. The van der Waals surface area contributed by atoms with E-state index in [9.17, 15) is 9.90 Å². The van der Waals surface area contributed by atoms with Crippen LogP contribution < -0.4 is 4.90 Å². The zero-order chi connectivity index (χ0) is 15.0. The van der Waals surface area contributed by atoms with Crippen LogP contribution in [0.3, 0.4) is 0 Å². The molecule has 3 rings (SSSR count). The maximum absolute atomic E-state index is 11.4. The third kappa shape index (κ3) is 2.87. The van der Waals surface area contributed by atoms with Gasteiger partial charge in [0.25, 0.3) is 0 Å². The van der Waals surface area contributed by atoms with Crippen LogP contribution in [0.1, 0.15) is 43.3 Å². The normalized spacial score (nSPS) is 25.5. The average molecular weight is 289 g/mol. The van der Waals surface area contributed by atoms with Crippen LogP contribution in [0.15, 0.2) is 0 Å². The number of aliphatic carboxylic acids is 1. The van der Waals surface area contributed by atoms with Gasteiger partial charge in [-0.25, -0.2) is 9.97 Å². The van der Waals surface area contributed by atoms with E-state index in [0.717, 1.165) is 37.4 Å². The van der Waals surface area contributed by atoms with E-state index < -0.39 is 5.97 Å². The summed E-state index contributed by atoms with van der Waals surface area (Å²) in [5.74, 6) is 1.20. The van der Waals surface area contributed by atoms with Gasteiger partial charge in [0.15, 0.2) is 0 Å². The predicted molar refractivity (Wildman–Crippen MR) is 80.5 cm³/mol. The molecule has 1 fully saturated rings. The highest BCUT2D eigenvalue weighted by atomic mass is 16.4. The Balaban J connectivity index is 1.95. The van der Waals surface area contributed by atoms with E-state index in [4.69, 9.17) is 0 Å². The van der Waals surface area contributed by atoms with E-state index in [1.54, 1.807) is 0 Å². The van der Waals surface area contributed by atoms with Crippen molar-refractivity contribution >= 4 is 11.8 Å². The third-order valence-corrected chi connectivity index (χ3v) is 4.58. The van der Waals surface area contributed by atoms with Crippen molar-refractivity contribution in [2.24, 2.45) is 11.8 Å². The lowest BCUT2D eigenvalue weighted by atomic mass is 9.89. The van der Waals surface area contributed by atoms with E-state index in [1.165, 1.54) is 24.1 Å². The third-order valence-electron chi connectivity index (χ3n) is 4.58. The van der Waals surface area contributed by atoms with Gasteiger partial charge < -0.3 is 10.0 Å². The molecular weight excluding hydrogens is 266 g/mol. The number of piperidine rings is 1. The largest absolute Gasteiger partial charge is 0.481 e. The lowest BCUT2D eigenvalue weighted by Crippen LogP contribution is -2.43. The van der Waals surface area contributed by atoms with Crippen LogP contribution in [0.4, 0.5) is 5.82 Å². The molecule has 1 aromatic heterocycles. The lowest BCUT2D eigenvalue weighted by Gasteiger charge is -2.37. The highest BCUT2D eigenvalue weighted by Gasteiger charge is 2.32. The van der Waals surface area contributed by atoms with Gasteiger partial charge in [-0.05, 0) is 44.9 Å². The van der Waals surface area contributed by atoms with Crippen molar-refractivity contribution in [3.05, 3.63) is 17.1 Å². The summed E-state index contributed by atoms with van der Waals surface area (Å²) in [7, 11) is 0. The van der Waals surface area contributed by atoms with Crippen LogP contribution >= 0.6 is 0 Å². The fourth-order valence-corrected chi connectivity index (χ4v) is 3.66. The summed E-state index contributed by atoms with van der Waals surface area (Å²) in [5, 5.41) is 9.35. The molecule has 1 aromatic rings. The molecule has 1 aliphatic carbocycles. The molecule has 0 bridgehead atoms. The average Bonchev–Trinajstić information content (AvgIpc) is 2.45. The Hall–Kier alpha value is -1.65. The Morgan fingerprint density at radius 2 is 2.00 bits per heavy atom. The number of hydrogen-bond acceptors (Lipinski definition) is 4. The second kappa shape index (κ2) is 5.62. The molecule has 1 saturated heterocycles. The number of carbonyl (C=O) groups is 1. The van der Waals surface area contributed by atoms with E-state index in [0.29, 0.717) is 12.5 Å². The van der Waals surface area contributed by atoms with E-state index >= 15 is 0 Å². The number of anilines is 1. The Bertz CT molecular complexity index is 559. The monoisotopic (exact) mass is 289 g/mol. The predicted octanol–water partition coefficient (Wildman–Crippen LogP) is 2.21. The van der Waals surface area contributed by atoms with Gasteiger partial charge in [-0.2, -0.15) is 0 Å². The summed E-state index contributed by atoms with van der Waals surface area (Å²) in [6.45, 7) is 5.53. The summed E-state index contributed by atoms with van der Waals surface area (Å²) in [6, 6.07) is 0. The second-order valence-electron chi connectivity index (χ2n) is 6.51. The minimum atomic E-state index is -0.689. The van der Waals surface area contributed by atoms with Crippen molar-refractivity contribution in [2.45, 2.75) is 46.0 Å². The molecule has 2 atom stereocenters. The summed E-state index contributed by atoms with van der Waals surface area (Å²) >= 11 is 0. The highest BCUT2D eigenvalue weighted by Crippen LogP contribution is 2.32. The van der Waals surface area contributed by atoms with Crippen molar-refractivity contribution in [2.75, 3.05) is 18.0 Å². The number of nitrogens with zero attached hydrogens (tertiary/aromatic N) is 3. The molecule has 2 heterocycles. The lowest BCUT2D eigenvalue weighted by molar-refractivity contribution is -0.142. The molecule has 0 saturated carbocycles. The first kappa shape index (κ1) is 14.3. The number of aryl methyl sites for hydroxylation is 2. The van der Waals surface area contributed by atoms with Gasteiger partial charge in [0.05, 0.1) is 5.92 Å². The van der Waals surface area contributed by atoms with Gasteiger partial charge in [0.1, 0.15) is 11.6 Å². The molecule has 5 nitrogen and oxygen atoms in total. The molecule has 0 spiro atoms. The first-order chi connectivity index (χ1) is 10.0. The van der Waals surface area contributed by atoms with Crippen LogP contribution in [0, 0.1) is 18.8 Å². The standard InChI is InChI=1S/C16H23N3O2/c1-10-7-12(16(20)21)9-19(8-10)15-13-5-3-4-6-14(13)17-11(2)18-15/h10,12H,3-9H2,1-2H3,(H,20,21). The first-order valence-electron chi connectivity index (χ1n) is 7.88. The Morgan fingerprint density at radius 3 is 2.76 bits per heavy atom. The molecule has 1 N–H and O–H groups in total. The zero-order valence-corrected chi connectivity index (χ0v) is 12.8. The summed E-state index contributed by atoms with van der Waals surface area (Å²) in [5.41, 5.74) is 2.43. The number of hydrogen-bond donors (Lipinski definition) is 1. The van der Waals surface area contributed by atoms with Crippen LogP contribution in [-0.2, 0) is 17.6 Å². The quantitative estimate of drug-likeness (QED) is 0.904. The highest BCUT2D eigenvalue weighted by molar-refractivity contribution is 5.71. The van der Waals surface area contributed by atoms with Gasteiger partial charge in [-0.15, -0.1) is 0 Å². The van der Waals surface area contributed by atoms with Crippen molar-refractivity contribution in [3.8, 4) is 0 Å². The number of carboxylic acids is 1. The van der Waals surface area contributed by atoms with Gasteiger partial charge >= 0.3 is 5.97 Å². The maximum Gasteiger partial charge on any atom is 0.308 e. The molecule has 5 heteroatoms. The molecule has 0 amide bonds. The molecule has 2 aliphatic rings. The fraction of sp³-hybridized carbons (Fsp3) is 0.688. The summed E-state index contributed by atoms with van der Waals surface area (Å²) in [4.78, 5) is 22.8. The zero-order valence-electron chi connectivity index (χ0n) is 12.8. The van der Waals surface area contributed by atoms with E-state index in [2.05, 4.69) is 21.8 Å². The van der Waals surface area contributed by atoms with Crippen molar-refractivity contribution in [1.29, 1.82) is 0 Å². The molecule has 0 radical (unpaired) electrons. The van der Waals surface area contributed by atoms with Crippen LogP contribution in [-0.4, -0.2) is 34.1 Å². The Labute approximate surface area is 125 Å². The number of carboxylic acid groups (broad SMARTS) is 1. The number of fused-ring (bicyclic) bond motifs is 1. The van der Waals surface area contributed by atoms with Crippen LogP contribution in [0.2, 0.25) is 0 Å². The van der Waals surface area contributed by atoms with E-state index in [1.807, 2.05) is 6.92 Å². The molecule has 1 aliphatic heterocycles. The first-order valence-corrected chi connectivity index (χ1v) is 7.88. The van der Waals surface area contributed by atoms with Crippen molar-refractivity contribution in [3.63, 3.8) is 0 Å². The minimum Gasteiger partial charge on any atom is -0.481 e. The maximum atomic E-state index is 11.4. The Kier molecular flexibility index (Phi) is 3.83. The Morgan fingerprint density at radius 1 is 1.24 bits per heavy atom.